The van der Waals surface area contributed by atoms with Gasteiger partial charge in [-0.2, -0.15) is 0 Å². The number of ether oxygens (including phenoxy) is 1. The van der Waals surface area contributed by atoms with E-state index in [9.17, 15) is 9.59 Å². The van der Waals surface area contributed by atoms with Crippen molar-refractivity contribution in [1.29, 1.82) is 0 Å². The molecule has 3 heterocycles. The monoisotopic (exact) mass is 425 g/mol. The first kappa shape index (κ1) is 22.5. The zero-order valence-electron chi connectivity index (χ0n) is 18.3. The van der Waals surface area contributed by atoms with Crippen molar-refractivity contribution in [3.8, 4) is 0 Å². The van der Waals surface area contributed by atoms with Gasteiger partial charge in [0, 0.05) is 50.7 Å². The molecule has 2 aromatic rings. The van der Waals surface area contributed by atoms with Crippen molar-refractivity contribution in [2.75, 3.05) is 47.9 Å². The van der Waals surface area contributed by atoms with E-state index in [1.165, 1.54) is 5.69 Å². The van der Waals surface area contributed by atoms with E-state index in [-0.39, 0.29) is 24.7 Å². The van der Waals surface area contributed by atoms with Gasteiger partial charge in [-0.05, 0) is 36.6 Å². The zero-order valence-corrected chi connectivity index (χ0v) is 18.3. The van der Waals surface area contributed by atoms with Gasteiger partial charge in [-0.1, -0.05) is 19.9 Å². The molecule has 0 unspecified atom stereocenters. The molecule has 3 rings (SSSR count). The molecule has 1 aliphatic heterocycles. The number of aromatic nitrogens is 2. The maximum atomic E-state index is 12.2. The third-order valence-electron chi connectivity index (χ3n) is 5.15. The van der Waals surface area contributed by atoms with E-state index in [0.717, 1.165) is 38.4 Å². The van der Waals surface area contributed by atoms with Gasteiger partial charge in [-0.3, -0.25) is 14.6 Å². The Morgan fingerprint density at radius 2 is 1.74 bits per heavy atom. The number of amides is 1. The first-order valence-electron chi connectivity index (χ1n) is 10.8. The Bertz CT molecular complexity index is 851. The summed E-state index contributed by atoms with van der Waals surface area (Å²) in [7, 11) is 0. The van der Waals surface area contributed by atoms with Crippen molar-refractivity contribution in [2.24, 2.45) is 5.92 Å². The van der Waals surface area contributed by atoms with Gasteiger partial charge in [0.2, 0.25) is 5.91 Å². The largest absolute Gasteiger partial charge is 0.466 e. The van der Waals surface area contributed by atoms with E-state index in [4.69, 9.17) is 4.74 Å². The number of esters is 1. The fraction of sp³-hybridized carbons (Fsp3) is 0.478. The SMILES string of the molecule is CC(C)CCOC(=O)CCC(=O)Nc1cccc(N2CCN(c3ccncc3)CC2)n1. The number of hydrogen-bond donors (Lipinski definition) is 1. The van der Waals surface area contributed by atoms with Crippen LogP contribution in [0.15, 0.2) is 42.7 Å². The van der Waals surface area contributed by atoms with Crippen molar-refractivity contribution in [1.82, 2.24) is 9.97 Å². The molecule has 0 radical (unpaired) electrons. The van der Waals surface area contributed by atoms with Crippen LogP contribution in [-0.2, 0) is 14.3 Å². The van der Waals surface area contributed by atoms with E-state index in [1.807, 2.05) is 24.3 Å². The van der Waals surface area contributed by atoms with Gasteiger partial charge < -0.3 is 19.9 Å². The molecule has 0 atom stereocenters. The fourth-order valence-electron chi connectivity index (χ4n) is 3.32. The van der Waals surface area contributed by atoms with Crippen molar-refractivity contribution in [3.05, 3.63) is 42.7 Å². The minimum atomic E-state index is -0.343. The van der Waals surface area contributed by atoms with Crippen LogP contribution in [-0.4, -0.2) is 54.6 Å². The second kappa shape index (κ2) is 11.3. The average molecular weight is 426 g/mol. The molecule has 8 heteroatoms. The van der Waals surface area contributed by atoms with Gasteiger partial charge in [0.15, 0.2) is 0 Å². The fourth-order valence-corrected chi connectivity index (χ4v) is 3.32. The molecule has 2 aromatic heterocycles. The Kier molecular flexibility index (Phi) is 8.20. The Hall–Kier alpha value is -3.16. The summed E-state index contributed by atoms with van der Waals surface area (Å²) in [5.74, 6) is 1.22. The van der Waals surface area contributed by atoms with E-state index < -0.39 is 0 Å². The number of piperazine rings is 1. The summed E-state index contributed by atoms with van der Waals surface area (Å²) in [6, 6.07) is 9.63. The summed E-state index contributed by atoms with van der Waals surface area (Å²) in [6.45, 7) is 8.01. The Morgan fingerprint density at radius 1 is 1.03 bits per heavy atom. The second-order valence-corrected chi connectivity index (χ2v) is 8.01. The lowest BCUT2D eigenvalue weighted by atomic mass is 10.1. The molecule has 1 aliphatic rings. The second-order valence-electron chi connectivity index (χ2n) is 8.01. The highest BCUT2D eigenvalue weighted by atomic mass is 16.5. The van der Waals surface area contributed by atoms with Crippen molar-refractivity contribution in [2.45, 2.75) is 33.1 Å². The van der Waals surface area contributed by atoms with E-state index in [1.54, 1.807) is 18.5 Å². The number of anilines is 3. The minimum Gasteiger partial charge on any atom is -0.466 e. The van der Waals surface area contributed by atoms with Gasteiger partial charge >= 0.3 is 5.97 Å². The predicted octanol–water partition coefficient (Wildman–Crippen LogP) is 3.11. The highest BCUT2D eigenvalue weighted by Gasteiger charge is 2.19. The van der Waals surface area contributed by atoms with Gasteiger partial charge in [0.05, 0.1) is 13.0 Å². The van der Waals surface area contributed by atoms with Crippen LogP contribution in [0.4, 0.5) is 17.3 Å². The first-order chi connectivity index (χ1) is 15.0. The number of carbonyl (C=O) groups is 2. The summed E-state index contributed by atoms with van der Waals surface area (Å²) in [6.07, 6.45) is 4.59. The van der Waals surface area contributed by atoms with E-state index >= 15 is 0 Å². The minimum absolute atomic E-state index is 0.0700. The maximum absolute atomic E-state index is 12.2. The Labute approximate surface area is 183 Å². The van der Waals surface area contributed by atoms with Crippen LogP contribution in [0.2, 0.25) is 0 Å². The van der Waals surface area contributed by atoms with Crippen LogP contribution in [0.1, 0.15) is 33.1 Å². The molecular weight excluding hydrogens is 394 g/mol. The Morgan fingerprint density at radius 3 is 2.45 bits per heavy atom. The molecular formula is C23H31N5O3. The molecule has 0 spiro atoms. The van der Waals surface area contributed by atoms with Crippen LogP contribution >= 0.6 is 0 Å². The lowest BCUT2D eigenvalue weighted by Crippen LogP contribution is -2.46. The summed E-state index contributed by atoms with van der Waals surface area (Å²) in [5.41, 5.74) is 1.17. The number of pyridine rings is 2. The third kappa shape index (κ3) is 7.24. The third-order valence-corrected chi connectivity index (χ3v) is 5.15. The van der Waals surface area contributed by atoms with Gasteiger partial charge in [0.25, 0.3) is 0 Å². The molecule has 1 saturated heterocycles. The molecule has 1 amide bonds. The lowest BCUT2D eigenvalue weighted by Gasteiger charge is -2.36. The molecule has 0 saturated carbocycles. The molecule has 31 heavy (non-hydrogen) atoms. The highest BCUT2D eigenvalue weighted by Crippen LogP contribution is 2.20. The quantitative estimate of drug-likeness (QED) is 0.618. The van der Waals surface area contributed by atoms with Gasteiger partial charge in [0.1, 0.15) is 11.6 Å². The normalized spacial score (nSPS) is 13.9. The highest BCUT2D eigenvalue weighted by molar-refractivity contribution is 5.91. The first-order valence-corrected chi connectivity index (χ1v) is 10.8. The molecule has 0 bridgehead atoms. The summed E-state index contributed by atoms with van der Waals surface area (Å²) >= 11 is 0. The van der Waals surface area contributed by atoms with Crippen molar-refractivity contribution >= 4 is 29.2 Å². The lowest BCUT2D eigenvalue weighted by molar-refractivity contribution is -0.144. The zero-order chi connectivity index (χ0) is 22.1. The number of nitrogens with zero attached hydrogens (tertiary/aromatic N) is 4. The summed E-state index contributed by atoms with van der Waals surface area (Å²) < 4.78 is 5.14. The smallest absolute Gasteiger partial charge is 0.306 e. The number of rotatable bonds is 9. The molecule has 1 fully saturated rings. The molecule has 0 aromatic carbocycles. The molecule has 166 valence electrons. The van der Waals surface area contributed by atoms with Gasteiger partial charge in [-0.25, -0.2) is 4.98 Å². The van der Waals surface area contributed by atoms with Crippen LogP contribution < -0.4 is 15.1 Å². The Balaban J connectivity index is 1.45. The summed E-state index contributed by atoms with van der Waals surface area (Å²) in [4.78, 5) is 37.1. The molecule has 0 aliphatic carbocycles. The standard InChI is InChI=1S/C23H31N5O3/c1-18(2)10-17-31-23(30)7-6-22(29)26-20-4-3-5-21(25-20)28-15-13-27(14-16-28)19-8-11-24-12-9-19/h3-5,8-9,11-12,18H,6-7,10,13-17H2,1-2H3,(H,25,26,29). The molecule has 8 nitrogen and oxygen atoms in total. The number of carbonyl (C=O) groups excluding carboxylic acids is 2. The number of hydrogen-bond acceptors (Lipinski definition) is 7. The van der Waals surface area contributed by atoms with E-state index in [0.29, 0.717) is 18.3 Å². The van der Waals surface area contributed by atoms with Crippen LogP contribution in [0, 0.1) is 5.92 Å². The van der Waals surface area contributed by atoms with E-state index in [2.05, 4.69) is 38.9 Å². The van der Waals surface area contributed by atoms with Crippen LogP contribution in [0.5, 0.6) is 0 Å². The van der Waals surface area contributed by atoms with Crippen LogP contribution in [0.25, 0.3) is 0 Å². The predicted molar refractivity (Wildman–Crippen MR) is 121 cm³/mol. The number of nitrogens with one attached hydrogen (secondary N) is 1. The topological polar surface area (TPSA) is 87.7 Å². The molecule has 1 N–H and O–H groups in total. The van der Waals surface area contributed by atoms with Crippen molar-refractivity contribution in [3.63, 3.8) is 0 Å². The maximum Gasteiger partial charge on any atom is 0.306 e. The summed E-state index contributed by atoms with van der Waals surface area (Å²) in [5, 5.41) is 2.78. The van der Waals surface area contributed by atoms with Crippen LogP contribution in [0.3, 0.4) is 0 Å². The van der Waals surface area contributed by atoms with Gasteiger partial charge in [-0.15, -0.1) is 0 Å². The van der Waals surface area contributed by atoms with Crippen molar-refractivity contribution < 1.29 is 14.3 Å². The average Bonchev–Trinajstić information content (AvgIpc) is 2.78.